The number of hydrogen-bond donors (Lipinski definition) is 2. The Hall–Kier alpha value is -1.09. The van der Waals surface area contributed by atoms with Crippen molar-refractivity contribution in [1.29, 1.82) is 0 Å². The molecule has 0 aromatic carbocycles. The monoisotopic (exact) mass is 425 g/mol. The molecule has 0 spiro atoms. The molecule has 2 saturated heterocycles. The van der Waals surface area contributed by atoms with Gasteiger partial charge < -0.3 is 20.9 Å². The van der Waals surface area contributed by atoms with Crippen molar-refractivity contribution in [2.45, 2.75) is 32.7 Å². The highest BCUT2D eigenvalue weighted by Crippen LogP contribution is 2.09. The zero-order valence-corrected chi connectivity index (χ0v) is 17.8. The second-order valence-electron chi connectivity index (χ2n) is 7.23. The van der Waals surface area contributed by atoms with E-state index in [0.29, 0.717) is 32.7 Å². The van der Waals surface area contributed by atoms with Crippen molar-refractivity contribution < 1.29 is 14.4 Å². The van der Waals surface area contributed by atoms with Crippen molar-refractivity contribution in [3.05, 3.63) is 0 Å². The van der Waals surface area contributed by atoms with Crippen LogP contribution < -0.4 is 11.1 Å². The highest BCUT2D eigenvalue weighted by molar-refractivity contribution is 5.87. The van der Waals surface area contributed by atoms with Crippen LogP contribution in [-0.2, 0) is 14.4 Å². The van der Waals surface area contributed by atoms with Crippen LogP contribution in [0.4, 0.5) is 0 Å². The zero-order chi connectivity index (χ0) is 18.4. The molecule has 0 aromatic rings. The lowest BCUT2D eigenvalue weighted by molar-refractivity contribution is -0.140. The van der Waals surface area contributed by atoms with Crippen LogP contribution in [0.3, 0.4) is 0 Å². The van der Waals surface area contributed by atoms with Crippen LogP contribution in [0, 0.1) is 5.92 Å². The van der Waals surface area contributed by atoms with E-state index in [2.05, 4.69) is 10.2 Å². The minimum absolute atomic E-state index is 0. The number of rotatable bonds is 6. The molecule has 2 heterocycles. The molecule has 2 rings (SSSR count). The molecule has 2 aliphatic heterocycles. The van der Waals surface area contributed by atoms with Gasteiger partial charge in [0.2, 0.25) is 17.7 Å². The quantitative estimate of drug-likeness (QED) is 0.608. The zero-order valence-electron chi connectivity index (χ0n) is 16.2. The summed E-state index contributed by atoms with van der Waals surface area (Å²) in [7, 11) is 0. The Morgan fingerprint density at radius 2 is 1.37 bits per heavy atom. The van der Waals surface area contributed by atoms with Gasteiger partial charge in [-0.3, -0.25) is 19.3 Å². The number of nitrogens with one attached hydrogen (secondary N) is 1. The Labute approximate surface area is 174 Å². The molecule has 27 heavy (non-hydrogen) atoms. The molecule has 3 N–H and O–H groups in total. The van der Waals surface area contributed by atoms with Crippen LogP contribution in [0.1, 0.15) is 26.7 Å². The number of nitrogens with two attached hydrogens (primary N) is 1. The van der Waals surface area contributed by atoms with E-state index in [1.807, 2.05) is 18.7 Å². The SMILES string of the molecule is CC(C)[C@H](N)C(=O)NCC(=O)N1CCN(C(=O)CN2CCCC2)CC1.Cl.Cl. The Morgan fingerprint density at radius 1 is 0.889 bits per heavy atom. The summed E-state index contributed by atoms with van der Waals surface area (Å²) in [5.74, 6) is -0.260. The number of hydrogen-bond acceptors (Lipinski definition) is 5. The van der Waals surface area contributed by atoms with Gasteiger partial charge >= 0.3 is 0 Å². The molecule has 0 aromatic heterocycles. The van der Waals surface area contributed by atoms with E-state index >= 15 is 0 Å². The van der Waals surface area contributed by atoms with Crippen LogP contribution in [-0.4, -0.2) is 90.8 Å². The number of carbonyl (C=O) groups is 3. The molecule has 3 amide bonds. The molecule has 158 valence electrons. The van der Waals surface area contributed by atoms with Crippen LogP contribution in [0.5, 0.6) is 0 Å². The molecular weight excluding hydrogens is 393 g/mol. The number of piperazine rings is 1. The third kappa shape index (κ3) is 7.81. The van der Waals surface area contributed by atoms with Gasteiger partial charge in [0.15, 0.2) is 0 Å². The molecule has 1 atom stereocenters. The summed E-state index contributed by atoms with van der Waals surface area (Å²) < 4.78 is 0. The van der Waals surface area contributed by atoms with Gasteiger partial charge in [0.25, 0.3) is 0 Å². The van der Waals surface area contributed by atoms with Crippen molar-refractivity contribution in [1.82, 2.24) is 20.0 Å². The van der Waals surface area contributed by atoms with Crippen molar-refractivity contribution in [3.63, 3.8) is 0 Å². The third-order valence-corrected chi connectivity index (χ3v) is 4.98. The Kier molecular flexibility index (Phi) is 11.9. The number of likely N-dealkylation sites (tertiary alicyclic amines) is 1. The maximum absolute atomic E-state index is 12.3. The van der Waals surface area contributed by atoms with Crippen LogP contribution in [0.15, 0.2) is 0 Å². The largest absolute Gasteiger partial charge is 0.346 e. The third-order valence-electron chi connectivity index (χ3n) is 4.98. The summed E-state index contributed by atoms with van der Waals surface area (Å²) in [5.41, 5.74) is 5.76. The Balaban J connectivity index is 0.00000338. The molecule has 0 unspecified atom stereocenters. The summed E-state index contributed by atoms with van der Waals surface area (Å²) in [6.45, 7) is 8.31. The average molecular weight is 426 g/mol. The lowest BCUT2D eigenvalue weighted by Crippen LogP contribution is -2.54. The fourth-order valence-electron chi connectivity index (χ4n) is 3.13. The predicted octanol–water partition coefficient (Wildman–Crippen LogP) is -0.304. The summed E-state index contributed by atoms with van der Waals surface area (Å²) in [6, 6.07) is -0.604. The van der Waals surface area contributed by atoms with E-state index in [4.69, 9.17) is 5.73 Å². The Morgan fingerprint density at radius 3 is 1.85 bits per heavy atom. The van der Waals surface area contributed by atoms with E-state index in [0.717, 1.165) is 13.1 Å². The predicted molar refractivity (Wildman–Crippen MR) is 109 cm³/mol. The smallest absolute Gasteiger partial charge is 0.242 e. The second-order valence-corrected chi connectivity index (χ2v) is 7.23. The molecule has 0 radical (unpaired) electrons. The molecule has 0 saturated carbocycles. The Bertz CT molecular complexity index is 493. The van der Waals surface area contributed by atoms with Crippen molar-refractivity contribution in [2.75, 3.05) is 52.4 Å². The summed E-state index contributed by atoms with van der Waals surface area (Å²) >= 11 is 0. The molecule has 8 nitrogen and oxygen atoms in total. The molecular formula is C17H33Cl2N5O3. The van der Waals surface area contributed by atoms with Gasteiger partial charge in [-0.1, -0.05) is 13.8 Å². The molecule has 2 aliphatic rings. The average Bonchev–Trinajstić information content (AvgIpc) is 3.11. The molecule has 2 fully saturated rings. The van der Waals surface area contributed by atoms with Crippen molar-refractivity contribution in [2.24, 2.45) is 11.7 Å². The minimum Gasteiger partial charge on any atom is -0.346 e. The number of nitrogens with zero attached hydrogens (tertiary/aromatic N) is 3. The first-order chi connectivity index (χ1) is 11.9. The lowest BCUT2D eigenvalue weighted by atomic mass is 10.1. The fourth-order valence-corrected chi connectivity index (χ4v) is 3.13. The lowest BCUT2D eigenvalue weighted by Gasteiger charge is -2.35. The first-order valence-corrected chi connectivity index (χ1v) is 9.19. The second kappa shape index (κ2) is 12.4. The topological polar surface area (TPSA) is 99.0 Å². The minimum atomic E-state index is -0.604. The van der Waals surface area contributed by atoms with Crippen LogP contribution >= 0.6 is 24.8 Å². The maximum Gasteiger partial charge on any atom is 0.242 e. The van der Waals surface area contributed by atoms with Crippen LogP contribution in [0.25, 0.3) is 0 Å². The van der Waals surface area contributed by atoms with E-state index in [-0.39, 0.29) is 55.0 Å². The molecule has 0 bridgehead atoms. The first kappa shape index (κ1) is 25.9. The van der Waals surface area contributed by atoms with Gasteiger partial charge in [-0.2, -0.15) is 0 Å². The van der Waals surface area contributed by atoms with Gasteiger partial charge in [0.1, 0.15) is 0 Å². The highest BCUT2D eigenvalue weighted by Gasteiger charge is 2.26. The maximum atomic E-state index is 12.3. The van der Waals surface area contributed by atoms with Gasteiger partial charge in [0, 0.05) is 26.2 Å². The van der Waals surface area contributed by atoms with Gasteiger partial charge in [-0.25, -0.2) is 0 Å². The van der Waals surface area contributed by atoms with E-state index in [9.17, 15) is 14.4 Å². The first-order valence-electron chi connectivity index (χ1n) is 9.19. The van der Waals surface area contributed by atoms with E-state index < -0.39 is 6.04 Å². The van der Waals surface area contributed by atoms with Gasteiger partial charge in [-0.15, -0.1) is 24.8 Å². The standard InChI is InChI=1S/C17H31N5O3.2ClH/c1-13(2)16(18)17(25)19-11-14(23)21-7-9-22(10-8-21)15(24)12-20-5-3-4-6-20;;/h13,16H,3-12,18H2,1-2H3,(H,19,25);2*1H/t16-;;/m0../s1. The summed E-state index contributed by atoms with van der Waals surface area (Å²) in [4.78, 5) is 42.0. The van der Waals surface area contributed by atoms with Crippen molar-refractivity contribution >= 4 is 42.5 Å². The molecule has 0 aliphatic carbocycles. The number of halogens is 2. The van der Waals surface area contributed by atoms with Crippen LogP contribution in [0.2, 0.25) is 0 Å². The summed E-state index contributed by atoms with van der Waals surface area (Å²) in [5, 5.41) is 2.60. The van der Waals surface area contributed by atoms with Gasteiger partial charge in [-0.05, 0) is 31.8 Å². The van der Waals surface area contributed by atoms with E-state index in [1.165, 1.54) is 12.8 Å². The summed E-state index contributed by atoms with van der Waals surface area (Å²) in [6.07, 6.45) is 2.34. The van der Waals surface area contributed by atoms with Gasteiger partial charge in [0.05, 0.1) is 19.1 Å². The number of amides is 3. The molecule has 10 heteroatoms. The fraction of sp³-hybridized carbons (Fsp3) is 0.824. The highest BCUT2D eigenvalue weighted by atomic mass is 35.5. The van der Waals surface area contributed by atoms with E-state index in [1.54, 1.807) is 4.90 Å². The normalized spacial score (nSPS) is 18.5. The number of carbonyl (C=O) groups excluding carboxylic acids is 3. The van der Waals surface area contributed by atoms with Crippen molar-refractivity contribution in [3.8, 4) is 0 Å².